The number of benzene rings is 1. The van der Waals surface area contributed by atoms with Crippen LogP contribution in [0.3, 0.4) is 0 Å². The second kappa shape index (κ2) is 4.85. The number of aryl methyl sites for hydroxylation is 3. The van der Waals surface area contributed by atoms with Crippen LogP contribution in [0, 0.1) is 20.8 Å². The highest BCUT2D eigenvalue weighted by Crippen LogP contribution is 2.17. The number of rotatable bonds is 3. The molecule has 0 saturated heterocycles. The number of nitrogens with zero attached hydrogens (tertiary/aromatic N) is 1. The Labute approximate surface area is 92.5 Å². The van der Waals surface area contributed by atoms with Crippen molar-refractivity contribution in [3.8, 4) is 0 Å². The minimum absolute atomic E-state index is 0.798. The van der Waals surface area contributed by atoms with Gasteiger partial charge in [0.25, 0.3) is 0 Å². The lowest BCUT2D eigenvalue weighted by Gasteiger charge is -2.17. The second-order valence-corrected chi connectivity index (χ2v) is 4.32. The lowest BCUT2D eigenvalue weighted by Crippen LogP contribution is -2.17. The molecule has 0 unspecified atom stereocenters. The van der Waals surface area contributed by atoms with Crippen molar-refractivity contribution < 1.29 is 0 Å². The fourth-order valence-corrected chi connectivity index (χ4v) is 1.88. The van der Waals surface area contributed by atoms with E-state index in [0.29, 0.717) is 0 Å². The number of hydrogen-bond acceptors (Lipinski definition) is 2. The molecule has 0 radical (unpaired) electrons. The maximum atomic E-state index is 4.26. The topological polar surface area (TPSA) is 3.24 Å². The summed E-state index contributed by atoms with van der Waals surface area (Å²) in [6, 6.07) is 4.49. The van der Waals surface area contributed by atoms with Crippen LogP contribution < -0.4 is 0 Å². The minimum atomic E-state index is 0.798. The van der Waals surface area contributed by atoms with Gasteiger partial charge in [-0.05, 0) is 44.5 Å². The predicted octanol–water partition coefficient (Wildman–Crippen LogP) is 2.93. The van der Waals surface area contributed by atoms with E-state index >= 15 is 0 Å². The first kappa shape index (κ1) is 11.6. The van der Waals surface area contributed by atoms with Crippen molar-refractivity contribution in [2.75, 3.05) is 12.9 Å². The molecule has 0 aliphatic rings. The largest absolute Gasteiger partial charge is 0.293 e. The number of hydrogen-bond donors (Lipinski definition) is 1. The third-order valence-corrected chi connectivity index (χ3v) is 2.99. The zero-order valence-electron chi connectivity index (χ0n) is 9.46. The molecule has 2 heteroatoms. The Bertz CT molecular complexity index is 297. The molecular weight excluding hydrogens is 190 g/mol. The van der Waals surface area contributed by atoms with Crippen molar-refractivity contribution in [2.45, 2.75) is 27.3 Å². The highest BCUT2D eigenvalue weighted by molar-refractivity contribution is 7.80. The summed E-state index contributed by atoms with van der Waals surface area (Å²) in [7, 11) is 2.09. The van der Waals surface area contributed by atoms with E-state index in [-0.39, 0.29) is 0 Å². The third kappa shape index (κ3) is 2.76. The molecule has 14 heavy (non-hydrogen) atoms. The Morgan fingerprint density at radius 3 is 2.07 bits per heavy atom. The van der Waals surface area contributed by atoms with Gasteiger partial charge in [-0.1, -0.05) is 17.7 Å². The van der Waals surface area contributed by atoms with Crippen LogP contribution in [0.25, 0.3) is 0 Å². The lowest BCUT2D eigenvalue weighted by atomic mass is 10.00. The van der Waals surface area contributed by atoms with E-state index in [0.717, 1.165) is 12.4 Å². The quantitative estimate of drug-likeness (QED) is 0.592. The van der Waals surface area contributed by atoms with Crippen molar-refractivity contribution in [1.29, 1.82) is 0 Å². The molecule has 0 bridgehead atoms. The van der Waals surface area contributed by atoms with Crippen LogP contribution >= 0.6 is 12.6 Å². The molecule has 1 nitrogen and oxygen atoms in total. The molecule has 0 aromatic heterocycles. The van der Waals surface area contributed by atoms with Gasteiger partial charge >= 0.3 is 0 Å². The maximum absolute atomic E-state index is 4.26. The van der Waals surface area contributed by atoms with E-state index in [9.17, 15) is 0 Å². The molecule has 0 atom stereocenters. The summed E-state index contributed by atoms with van der Waals surface area (Å²) in [5.74, 6) is 0.798. The first-order chi connectivity index (χ1) is 6.54. The van der Waals surface area contributed by atoms with E-state index in [1.165, 1.54) is 22.3 Å². The smallest absolute Gasteiger partial charge is 0.0414 e. The average molecular weight is 209 g/mol. The van der Waals surface area contributed by atoms with Crippen molar-refractivity contribution in [2.24, 2.45) is 0 Å². The summed E-state index contributed by atoms with van der Waals surface area (Å²) in [4.78, 5) is 2.20. The van der Waals surface area contributed by atoms with Gasteiger partial charge in [0.1, 0.15) is 0 Å². The van der Waals surface area contributed by atoms with Crippen molar-refractivity contribution in [3.05, 3.63) is 34.4 Å². The minimum Gasteiger partial charge on any atom is -0.293 e. The maximum Gasteiger partial charge on any atom is 0.0414 e. The Balaban J connectivity index is 2.96. The van der Waals surface area contributed by atoms with Gasteiger partial charge in [0, 0.05) is 12.4 Å². The van der Waals surface area contributed by atoms with Crippen molar-refractivity contribution in [3.63, 3.8) is 0 Å². The summed E-state index contributed by atoms with van der Waals surface area (Å²) >= 11 is 4.26. The molecular formula is C12H19NS. The molecule has 0 aliphatic carbocycles. The predicted molar refractivity (Wildman–Crippen MR) is 66.0 cm³/mol. The van der Waals surface area contributed by atoms with Gasteiger partial charge in [-0.3, -0.25) is 4.90 Å². The molecule has 0 N–H and O–H groups in total. The zero-order chi connectivity index (χ0) is 10.7. The van der Waals surface area contributed by atoms with E-state index in [1.54, 1.807) is 0 Å². The Morgan fingerprint density at radius 2 is 1.64 bits per heavy atom. The summed E-state index contributed by atoms with van der Waals surface area (Å²) in [6.45, 7) is 7.50. The standard InChI is InChI=1S/C12H19NS/c1-9-5-10(2)12(11(3)6-9)7-13(4)8-14/h5-6,14H,7-8H2,1-4H3. The fourth-order valence-electron chi connectivity index (χ4n) is 1.78. The first-order valence-electron chi connectivity index (χ1n) is 4.90. The van der Waals surface area contributed by atoms with E-state index in [2.05, 4.69) is 57.5 Å². The van der Waals surface area contributed by atoms with E-state index in [4.69, 9.17) is 0 Å². The molecule has 0 heterocycles. The second-order valence-electron chi connectivity index (χ2n) is 4.03. The van der Waals surface area contributed by atoms with Gasteiger partial charge in [-0.25, -0.2) is 0 Å². The van der Waals surface area contributed by atoms with Crippen LogP contribution in [0.5, 0.6) is 0 Å². The van der Waals surface area contributed by atoms with E-state index in [1.807, 2.05) is 0 Å². The normalized spacial score (nSPS) is 11.0. The van der Waals surface area contributed by atoms with E-state index < -0.39 is 0 Å². The molecule has 78 valence electrons. The van der Waals surface area contributed by atoms with Crippen LogP contribution in [-0.2, 0) is 6.54 Å². The SMILES string of the molecule is Cc1cc(C)c(CN(C)CS)c(C)c1. The van der Waals surface area contributed by atoms with Crippen LogP contribution in [0.2, 0.25) is 0 Å². The molecule has 1 rings (SSSR count). The number of thiol groups is 1. The highest BCUT2D eigenvalue weighted by atomic mass is 32.1. The molecule has 0 saturated carbocycles. The molecule has 0 aliphatic heterocycles. The average Bonchev–Trinajstić information content (AvgIpc) is 2.10. The van der Waals surface area contributed by atoms with Gasteiger partial charge in [0.05, 0.1) is 0 Å². The summed E-state index contributed by atoms with van der Waals surface area (Å²) < 4.78 is 0. The van der Waals surface area contributed by atoms with Crippen molar-refractivity contribution >= 4 is 12.6 Å². The Morgan fingerprint density at radius 1 is 1.14 bits per heavy atom. The summed E-state index contributed by atoms with van der Waals surface area (Å²) in [6.07, 6.45) is 0. The van der Waals surface area contributed by atoms with Crippen molar-refractivity contribution in [1.82, 2.24) is 4.90 Å². The molecule has 1 aromatic carbocycles. The van der Waals surface area contributed by atoms with Crippen LogP contribution in [0.15, 0.2) is 12.1 Å². The lowest BCUT2D eigenvalue weighted by molar-refractivity contribution is 0.385. The molecule has 1 aromatic rings. The van der Waals surface area contributed by atoms with Crippen LogP contribution in [-0.4, -0.2) is 17.8 Å². The Kier molecular flexibility index (Phi) is 4.02. The van der Waals surface area contributed by atoms with Gasteiger partial charge in [-0.2, -0.15) is 12.6 Å². The zero-order valence-corrected chi connectivity index (χ0v) is 10.4. The first-order valence-corrected chi connectivity index (χ1v) is 5.54. The monoisotopic (exact) mass is 209 g/mol. The summed E-state index contributed by atoms with van der Waals surface area (Å²) in [5.41, 5.74) is 5.55. The van der Waals surface area contributed by atoms with Crippen LogP contribution in [0.1, 0.15) is 22.3 Å². The van der Waals surface area contributed by atoms with Crippen LogP contribution in [0.4, 0.5) is 0 Å². The highest BCUT2D eigenvalue weighted by Gasteiger charge is 2.05. The molecule has 0 amide bonds. The fraction of sp³-hybridized carbons (Fsp3) is 0.500. The molecule has 0 spiro atoms. The van der Waals surface area contributed by atoms with Gasteiger partial charge in [0.15, 0.2) is 0 Å². The van der Waals surface area contributed by atoms with Gasteiger partial charge in [0.2, 0.25) is 0 Å². The Hall–Kier alpha value is -0.470. The van der Waals surface area contributed by atoms with Gasteiger partial charge < -0.3 is 0 Å². The summed E-state index contributed by atoms with van der Waals surface area (Å²) in [5, 5.41) is 0. The molecule has 0 fully saturated rings. The third-order valence-electron chi connectivity index (χ3n) is 2.51. The van der Waals surface area contributed by atoms with Gasteiger partial charge in [-0.15, -0.1) is 0 Å².